The van der Waals surface area contributed by atoms with Crippen LogP contribution in [0.5, 0.6) is 5.75 Å². The number of carbonyl (C=O) groups excluding carboxylic acids is 2. The first-order valence-electron chi connectivity index (χ1n) is 14.4. The van der Waals surface area contributed by atoms with E-state index < -0.39 is 12.2 Å². The van der Waals surface area contributed by atoms with Gasteiger partial charge in [0.1, 0.15) is 5.75 Å². The molecule has 3 aromatic carbocycles. The fraction of sp³-hybridized carbons (Fsp3) is 0.323. The van der Waals surface area contributed by atoms with Gasteiger partial charge < -0.3 is 25.0 Å². The van der Waals surface area contributed by atoms with Gasteiger partial charge in [0, 0.05) is 37.1 Å². The van der Waals surface area contributed by atoms with Crippen LogP contribution in [0.4, 0.5) is 0 Å². The van der Waals surface area contributed by atoms with Crippen molar-refractivity contribution in [2.75, 3.05) is 5.75 Å². The summed E-state index contributed by atoms with van der Waals surface area (Å²) in [6.07, 6.45) is 0.0459. The fourth-order valence-electron chi connectivity index (χ4n) is 4.76. The third-order valence-corrected chi connectivity index (χ3v) is 8.27. The van der Waals surface area contributed by atoms with Crippen molar-refractivity contribution < 1.29 is 34.5 Å². The van der Waals surface area contributed by atoms with E-state index in [2.05, 4.69) is 20.8 Å². The predicted octanol–water partition coefficient (Wildman–Crippen LogP) is 3.49. The van der Waals surface area contributed by atoms with Crippen LogP contribution in [0.25, 0.3) is 5.69 Å². The molecule has 0 spiro atoms. The Morgan fingerprint density at radius 3 is 2.31 bits per heavy atom. The minimum atomic E-state index is -0.652. The van der Waals surface area contributed by atoms with Crippen LogP contribution < -0.4 is 10.8 Å². The molecule has 5 N–H and O–H groups in total. The number of aliphatic hydroxyl groups is 1. The van der Waals surface area contributed by atoms with Crippen LogP contribution in [0.1, 0.15) is 60.3 Å². The topological polar surface area (TPSA) is 181 Å². The smallest absolute Gasteiger partial charge is 0.243 e. The van der Waals surface area contributed by atoms with E-state index in [1.54, 1.807) is 34.4 Å². The summed E-state index contributed by atoms with van der Waals surface area (Å²) in [5.41, 5.74) is 5.77. The SMILES string of the molecule is O=C(CCCC(=O)NCc1ccc(C2OC(CSc3nnnn3-c3ccc(O)cc3)CC(c3ccc(CO)cc3)O2)cc1)NO. The number of rotatable bonds is 13. The zero-order valence-electron chi connectivity index (χ0n) is 24.3. The highest BCUT2D eigenvalue weighted by Gasteiger charge is 2.32. The Morgan fingerprint density at radius 2 is 1.60 bits per heavy atom. The maximum Gasteiger partial charge on any atom is 0.243 e. The molecule has 236 valence electrons. The Morgan fingerprint density at radius 1 is 0.911 bits per heavy atom. The van der Waals surface area contributed by atoms with E-state index in [9.17, 15) is 19.8 Å². The molecular formula is C31H34N6O7S. The van der Waals surface area contributed by atoms with E-state index in [-0.39, 0.29) is 43.3 Å². The Balaban J connectivity index is 1.24. The van der Waals surface area contributed by atoms with Gasteiger partial charge >= 0.3 is 0 Å². The van der Waals surface area contributed by atoms with E-state index in [1.807, 2.05) is 48.5 Å². The molecule has 0 radical (unpaired) electrons. The summed E-state index contributed by atoms with van der Waals surface area (Å²) in [6.45, 7) is 0.284. The lowest BCUT2D eigenvalue weighted by Crippen LogP contribution is -2.31. The number of aromatic hydroxyl groups is 1. The van der Waals surface area contributed by atoms with E-state index >= 15 is 0 Å². The van der Waals surface area contributed by atoms with Crippen LogP contribution in [0.3, 0.4) is 0 Å². The highest BCUT2D eigenvalue weighted by atomic mass is 32.2. The van der Waals surface area contributed by atoms with Crippen molar-refractivity contribution in [3.8, 4) is 11.4 Å². The summed E-state index contributed by atoms with van der Waals surface area (Å²) in [6, 6.07) is 21.9. The van der Waals surface area contributed by atoms with Crippen molar-refractivity contribution in [3.63, 3.8) is 0 Å². The molecule has 3 atom stereocenters. The van der Waals surface area contributed by atoms with Gasteiger partial charge in [-0.2, -0.15) is 4.68 Å². The minimum absolute atomic E-state index is 0.0414. The van der Waals surface area contributed by atoms with Gasteiger partial charge in [-0.25, -0.2) is 5.48 Å². The minimum Gasteiger partial charge on any atom is -0.508 e. The molecule has 0 saturated carbocycles. The highest BCUT2D eigenvalue weighted by molar-refractivity contribution is 7.99. The first kappa shape index (κ1) is 32.1. The van der Waals surface area contributed by atoms with Gasteiger partial charge in [-0.1, -0.05) is 60.3 Å². The quantitative estimate of drug-likeness (QED) is 0.0825. The number of phenolic OH excluding ortho intramolecular Hbond substituents is 1. The molecule has 2 heterocycles. The summed E-state index contributed by atoms with van der Waals surface area (Å²) in [5, 5.41) is 43.2. The van der Waals surface area contributed by atoms with Gasteiger partial charge in [0.05, 0.1) is 24.5 Å². The zero-order chi connectivity index (χ0) is 31.6. The summed E-state index contributed by atoms with van der Waals surface area (Å²) < 4.78 is 14.5. The van der Waals surface area contributed by atoms with Gasteiger partial charge in [-0.15, -0.1) is 5.10 Å². The Labute approximate surface area is 263 Å². The van der Waals surface area contributed by atoms with E-state index in [1.165, 1.54) is 11.8 Å². The number of nitrogens with one attached hydrogen (secondary N) is 2. The number of aliphatic hydroxyl groups excluding tert-OH is 1. The van der Waals surface area contributed by atoms with E-state index in [0.717, 1.165) is 27.9 Å². The van der Waals surface area contributed by atoms with E-state index in [4.69, 9.17) is 14.7 Å². The average Bonchev–Trinajstić information content (AvgIpc) is 3.55. The molecular weight excluding hydrogens is 600 g/mol. The Kier molecular flexibility index (Phi) is 11.1. The summed E-state index contributed by atoms with van der Waals surface area (Å²) >= 11 is 1.46. The molecule has 5 rings (SSSR count). The van der Waals surface area contributed by atoms with Gasteiger partial charge in [0.15, 0.2) is 6.29 Å². The van der Waals surface area contributed by atoms with Gasteiger partial charge in [0.2, 0.25) is 17.0 Å². The molecule has 1 fully saturated rings. The van der Waals surface area contributed by atoms with Crippen molar-refractivity contribution in [2.45, 2.75) is 62.5 Å². The van der Waals surface area contributed by atoms with Gasteiger partial charge in [0.25, 0.3) is 0 Å². The number of ether oxygens (including phenoxy) is 2. The normalized spacial score (nSPS) is 18.0. The number of phenols is 1. The lowest BCUT2D eigenvalue weighted by Gasteiger charge is -2.36. The number of nitrogens with zero attached hydrogens (tertiary/aromatic N) is 4. The Hall–Kier alpha value is -4.34. The van der Waals surface area contributed by atoms with Gasteiger partial charge in [-0.05, 0) is 57.8 Å². The fourth-order valence-corrected chi connectivity index (χ4v) is 5.67. The second-order valence-electron chi connectivity index (χ2n) is 10.5. The average molecular weight is 635 g/mol. The molecule has 3 unspecified atom stereocenters. The number of carbonyl (C=O) groups is 2. The third-order valence-electron chi connectivity index (χ3n) is 7.22. The third kappa shape index (κ3) is 8.86. The molecule has 1 aromatic heterocycles. The molecule has 1 aliphatic heterocycles. The molecule has 4 aromatic rings. The number of tetrazole rings is 1. The molecule has 0 aliphatic carbocycles. The van der Waals surface area contributed by atoms with Crippen molar-refractivity contribution in [1.82, 2.24) is 31.0 Å². The molecule has 13 nitrogen and oxygen atoms in total. The summed E-state index contributed by atoms with van der Waals surface area (Å²) in [7, 11) is 0. The number of amides is 2. The number of hydrogen-bond donors (Lipinski definition) is 5. The standard InChI is InChI=1S/C31H34N6O7S/c38-18-21-6-8-22(9-7-21)27-16-26(19-45-31-33-35-36-37(31)24-12-14-25(39)15-13-24)43-30(44-27)23-10-4-20(5-11-23)17-32-28(40)2-1-3-29(41)34-42/h4-15,26-27,30,38-39,42H,1-3,16-19H2,(H,32,40)(H,34,41). The molecule has 1 saturated heterocycles. The van der Waals surface area contributed by atoms with Crippen molar-refractivity contribution in [2.24, 2.45) is 0 Å². The maximum absolute atomic E-state index is 12.1. The van der Waals surface area contributed by atoms with Crippen LogP contribution in [0, 0.1) is 0 Å². The number of aromatic nitrogens is 4. The molecule has 1 aliphatic rings. The molecule has 14 heteroatoms. The van der Waals surface area contributed by atoms with Gasteiger partial charge in [-0.3, -0.25) is 14.8 Å². The van der Waals surface area contributed by atoms with Crippen molar-refractivity contribution >= 4 is 23.6 Å². The van der Waals surface area contributed by atoms with Crippen molar-refractivity contribution in [1.29, 1.82) is 0 Å². The first-order valence-corrected chi connectivity index (χ1v) is 15.4. The molecule has 45 heavy (non-hydrogen) atoms. The summed E-state index contributed by atoms with van der Waals surface area (Å²) in [5.74, 6) is -0.00514. The molecule has 0 bridgehead atoms. The van der Waals surface area contributed by atoms with Crippen LogP contribution in [0.2, 0.25) is 0 Å². The number of hydroxylamine groups is 1. The van der Waals surface area contributed by atoms with Crippen LogP contribution >= 0.6 is 11.8 Å². The Bertz CT molecular complexity index is 1550. The number of thioether (sulfide) groups is 1. The lowest BCUT2D eigenvalue weighted by molar-refractivity contribution is -0.245. The maximum atomic E-state index is 12.1. The van der Waals surface area contributed by atoms with E-state index in [0.29, 0.717) is 30.3 Å². The second-order valence-corrected chi connectivity index (χ2v) is 11.4. The summed E-state index contributed by atoms with van der Waals surface area (Å²) in [4.78, 5) is 23.2. The van der Waals surface area contributed by atoms with Crippen molar-refractivity contribution in [3.05, 3.63) is 95.1 Å². The van der Waals surface area contributed by atoms with Crippen LogP contribution in [-0.4, -0.2) is 59.3 Å². The van der Waals surface area contributed by atoms with Crippen LogP contribution in [0.15, 0.2) is 78.0 Å². The lowest BCUT2D eigenvalue weighted by atomic mass is 10.0. The number of hydrogen-bond acceptors (Lipinski definition) is 11. The first-order chi connectivity index (χ1) is 21.9. The monoisotopic (exact) mass is 634 g/mol. The zero-order valence-corrected chi connectivity index (χ0v) is 25.1. The number of benzene rings is 3. The molecule has 2 amide bonds. The highest BCUT2D eigenvalue weighted by Crippen LogP contribution is 2.39. The second kappa shape index (κ2) is 15.6. The largest absolute Gasteiger partial charge is 0.508 e. The van der Waals surface area contributed by atoms with Crippen LogP contribution in [-0.2, 0) is 32.2 Å². The predicted molar refractivity (Wildman–Crippen MR) is 162 cm³/mol.